The first-order chi connectivity index (χ1) is 12.2. The quantitative estimate of drug-likeness (QED) is 0.908. The van der Waals surface area contributed by atoms with Crippen LogP contribution < -0.4 is 10.1 Å². The van der Waals surface area contributed by atoms with Crippen molar-refractivity contribution in [2.24, 2.45) is 0 Å². The highest BCUT2D eigenvalue weighted by Crippen LogP contribution is 2.23. The molecular weight excluding hydrogens is 312 g/mol. The summed E-state index contributed by atoms with van der Waals surface area (Å²) in [4.78, 5) is 14.9. The highest BCUT2D eigenvalue weighted by atomic mass is 16.5. The van der Waals surface area contributed by atoms with E-state index in [-0.39, 0.29) is 5.91 Å². The Morgan fingerprint density at radius 1 is 1.12 bits per heavy atom. The summed E-state index contributed by atoms with van der Waals surface area (Å²) in [5, 5.41) is 3.30. The van der Waals surface area contributed by atoms with E-state index in [1.54, 1.807) is 0 Å². The molecule has 0 unspecified atom stereocenters. The average Bonchev–Trinajstić information content (AvgIpc) is 2.67. The van der Waals surface area contributed by atoms with Gasteiger partial charge in [0.05, 0.1) is 5.56 Å². The van der Waals surface area contributed by atoms with Crippen molar-refractivity contribution in [1.82, 2.24) is 10.2 Å². The van der Waals surface area contributed by atoms with Crippen LogP contribution in [0.3, 0.4) is 0 Å². The Morgan fingerprint density at radius 3 is 2.52 bits per heavy atom. The van der Waals surface area contributed by atoms with Gasteiger partial charge in [0.15, 0.2) is 0 Å². The third kappa shape index (κ3) is 4.20. The van der Waals surface area contributed by atoms with Crippen LogP contribution in [0.15, 0.2) is 48.5 Å². The van der Waals surface area contributed by atoms with Gasteiger partial charge in [-0.1, -0.05) is 36.4 Å². The van der Waals surface area contributed by atoms with Crippen LogP contribution in [-0.4, -0.2) is 37.0 Å². The number of nitrogens with one attached hydrogen (secondary N) is 1. The molecule has 0 atom stereocenters. The Bertz CT molecular complexity index is 721. The third-order valence-corrected chi connectivity index (χ3v) is 4.95. The number of piperidine rings is 1. The minimum absolute atomic E-state index is 0.0648. The van der Waals surface area contributed by atoms with Crippen LogP contribution in [0, 0.1) is 6.92 Å². The lowest BCUT2D eigenvalue weighted by molar-refractivity contribution is 0.0702. The molecule has 0 spiro atoms. The van der Waals surface area contributed by atoms with E-state index < -0.39 is 0 Å². The van der Waals surface area contributed by atoms with Gasteiger partial charge in [-0.25, -0.2) is 0 Å². The van der Waals surface area contributed by atoms with E-state index >= 15 is 0 Å². The maximum atomic E-state index is 12.9. The lowest BCUT2D eigenvalue weighted by atomic mass is 10.0. The van der Waals surface area contributed by atoms with Crippen LogP contribution in [0.25, 0.3) is 0 Å². The Balaban J connectivity index is 1.70. The lowest BCUT2D eigenvalue weighted by Gasteiger charge is -2.32. The molecule has 0 aromatic heterocycles. The fourth-order valence-electron chi connectivity index (χ4n) is 3.24. The summed E-state index contributed by atoms with van der Waals surface area (Å²) in [5.74, 6) is 0.724. The molecule has 2 aromatic rings. The fourth-order valence-corrected chi connectivity index (χ4v) is 3.24. The van der Waals surface area contributed by atoms with Gasteiger partial charge in [-0.05, 0) is 50.1 Å². The van der Waals surface area contributed by atoms with Crippen molar-refractivity contribution in [1.29, 1.82) is 0 Å². The number of hydrogen-bond donors (Lipinski definition) is 1. The summed E-state index contributed by atoms with van der Waals surface area (Å²) in [7, 11) is 1.98. The van der Waals surface area contributed by atoms with E-state index in [4.69, 9.17) is 4.74 Å². The van der Waals surface area contributed by atoms with Crippen molar-refractivity contribution in [2.45, 2.75) is 32.4 Å². The van der Waals surface area contributed by atoms with Gasteiger partial charge < -0.3 is 15.0 Å². The molecule has 1 heterocycles. The Labute approximate surface area is 149 Å². The van der Waals surface area contributed by atoms with E-state index in [0.717, 1.165) is 31.5 Å². The number of carbonyl (C=O) groups excluding carboxylic acids is 1. The smallest absolute Gasteiger partial charge is 0.257 e. The number of ether oxygens (including phenoxy) is 1. The second kappa shape index (κ2) is 8.17. The number of amides is 1. The van der Waals surface area contributed by atoms with Gasteiger partial charge in [-0.2, -0.15) is 0 Å². The number of rotatable bonds is 5. The zero-order valence-corrected chi connectivity index (χ0v) is 15.0. The first-order valence-electron chi connectivity index (χ1n) is 8.92. The van der Waals surface area contributed by atoms with Gasteiger partial charge in [0.1, 0.15) is 12.4 Å². The minimum Gasteiger partial charge on any atom is -0.488 e. The number of hydrogen-bond acceptors (Lipinski definition) is 3. The highest BCUT2D eigenvalue weighted by molar-refractivity contribution is 5.97. The molecule has 1 N–H and O–H groups in total. The number of para-hydroxylation sites is 1. The number of aryl methyl sites for hydroxylation is 1. The van der Waals surface area contributed by atoms with Gasteiger partial charge in [-0.15, -0.1) is 0 Å². The van der Waals surface area contributed by atoms with E-state index in [0.29, 0.717) is 24.0 Å². The van der Waals surface area contributed by atoms with Crippen LogP contribution in [0.5, 0.6) is 5.75 Å². The first-order valence-corrected chi connectivity index (χ1v) is 8.92. The standard InChI is InChI=1S/C21H26N2O2/c1-16-7-3-4-8-17(16)15-25-20-10-6-5-9-19(20)21(24)23-13-11-18(22-2)12-14-23/h3-10,18,22H,11-15H2,1-2H3. The Hall–Kier alpha value is -2.33. The molecule has 132 valence electrons. The molecule has 4 heteroatoms. The molecule has 2 aromatic carbocycles. The maximum absolute atomic E-state index is 12.9. The predicted octanol–water partition coefficient (Wildman–Crippen LogP) is 3.40. The molecule has 0 bridgehead atoms. The topological polar surface area (TPSA) is 41.6 Å². The minimum atomic E-state index is 0.0648. The molecule has 0 saturated carbocycles. The molecule has 0 radical (unpaired) electrons. The maximum Gasteiger partial charge on any atom is 0.257 e. The van der Waals surface area contributed by atoms with Gasteiger partial charge >= 0.3 is 0 Å². The molecule has 3 rings (SSSR count). The molecular formula is C21H26N2O2. The van der Waals surface area contributed by atoms with Crippen molar-refractivity contribution in [3.63, 3.8) is 0 Å². The molecule has 1 saturated heterocycles. The van der Waals surface area contributed by atoms with Gasteiger partial charge in [0.25, 0.3) is 5.91 Å². The summed E-state index contributed by atoms with van der Waals surface area (Å²) in [6.45, 7) is 4.12. The van der Waals surface area contributed by atoms with Crippen molar-refractivity contribution < 1.29 is 9.53 Å². The summed E-state index contributed by atoms with van der Waals surface area (Å²) in [5.41, 5.74) is 2.99. The summed E-state index contributed by atoms with van der Waals surface area (Å²) < 4.78 is 6.00. The summed E-state index contributed by atoms with van der Waals surface area (Å²) >= 11 is 0. The third-order valence-electron chi connectivity index (χ3n) is 4.95. The van der Waals surface area contributed by atoms with E-state index in [1.807, 2.05) is 48.3 Å². The van der Waals surface area contributed by atoms with Gasteiger partial charge in [0.2, 0.25) is 0 Å². The van der Waals surface area contributed by atoms with Crippen LogP contribution in [-0.2, 0) is 6.61 Å². The molecule has 1 fully saturated rings. The normalized spacial score (nSPS) is 15.2. The summed E-state index contributed by atoms with van der Waals surface area (Å²) in [6.07, 6.45) is 1.99. The Morgan fingerprint density at radius 2 is 1.80 bits per heavy atom. The van der Waals surface area contributed by atoms with Crippen LogP contribution in [0.4, 0.5) is 0 Å². The van der Waals surface area contributed by atoms with E-state index in [1.165, 1.54) is 5.56 Å². The molecule has 1 aliphatic rings. The van der Waals surface area contributed by atoms with Crippen LogP contribution in [0.1, 0.15) is 34.3 Å². The molecule has 4 nitrogen and oxygen atoms in total. The number of nitrogens with zero attached hydrogens (tertiary/aromatic N) is 1. The monoisotopic (exact) mass is 338 g/mol. The largest absolute Gasteiger partial charge is 0.488 e. The van der Waals surface area contributed by atoms with Gasteiger partial charge in [0, 0.05) is 19.1 Å². The molecule has 1 aliphatic heterocycles. The average molecular weight is 338 g/mol. The van der Waals surface area contributed by atoms with Gasteiger partial charge in [-0.3, -0.25) is 4.79 Å². The van der Waals surface area contributed by atoms with Crippen molar-refractivity contribution in [3.05, 3.63) is 65.2 Å². The van der Waals surface area contributed by atoms with Crippen molar-refractivity contribution in [3.8, 4) is 5.75 Å². The molecule has 1 amide bonds. The SMILES string of the molecule is CNC1CCN(C(=O)c2ccccc2OCc2ccccc2C)CC1. The lowest BCUT2D eigenvalue weighted by Crippen LogP contribution is -2.44. The number of benzene rings is 2. The van der Waals surface area contributed by atoms with E-state index in [9.17, 15) is 4.79 Å². The van der Waals surface area contributed by atoms with E-state index in [2.05, 4.69) is 24.4 Å². The summed E-state index contributed by atoms with van der Waals surface area (Å²) in [6, 6.07) is 16.2. The van der Waals surface area contributed by atoms with Crippen LogP contribution >= 0.6 is 0 Å². The first kappa shape index (κ1) is 17.5. The van der Waals surface area contributed by atoms with Crippen molar-refractivity contribution >= 4 is 5.91 Å². The van der Waals surface area contributed by atoms with Crippen molar-refractivity contribution in [2.75, 3.05) is 20.1 Å². The number of likely N-dealkylation sites (tertiary alicyclic amines) is 1. The fraction of sp³-hybridized carbons (Fsp3) is 0.381. The zero-order chi connectivity index (χ0) is 17.6. The molecule has 0 aliphatic carbocycles. The second-order valence-electron chi connectivity index (χ2n) is 6.57. The van der Waals surface area contributed by atoms with Crippen LogP contribution in [0.2, 0.25) is 0 Å². The predicted molar refractivity (Wildman–Crippen MR) is 99.9 cm³/mol. The zero-order valence-electron chi connectivity index (χ0n) is 15.0. The Kier molecular flexibility index (Phi) is 5.71. The number of carbonyl (C=O) groups is 1. The highest BCUT2D eigenvalue weighted by Gasteiger charge is 2.24. The molecule has 25 heavy (non-hydrogen) atoms. The second-order valence-corrected chi connectivity index (χ2v) is 6.57.